The van der Waals surface area contributed by atoms with Crippen LogP contribution >= 0.6 is 34.8 Å². The molecule has 0 fully saturated rings. The summed E-state index contributed by atoms with van der Waals surface area (Å²) >= 11 is 17.9. The van der Waals surface area contributed by atoms with Gasteiger partial charge >= 0.3 is 0 Å². The van der Waals surface area contributed by atoms with E-state index in [0.29, 0.717) is 16.1 Å². The van der Waals surface area contributed by atoms with Gasteiger partial charge in [-0.05, 0) is 17.7 Å². The number of halogens is 3. The second-order valence-electron chi connectivity index (χ2n) is 4.19. The van der Waals surface area contributed by atoms with E-state index in [4.69, 9.17) is 34.8 Å². The Hall–Kier alpha value is -1.80. The Morgan fingerprint density at radius 3 is 2.05 bits per heavy atom. The third kappa shape index (κ3) is 3.27. The van der Waals surface area contributed by atoms with Crippen molar-refractivity contribution in [2.75, 3.05) is 0 Å². The molecule has 0 N–H and O–H groups in total. The largest absolute Gasteiger partial charge is 0.272 e. The van der Waals surface area contributed by atoms with Crippen LogP contribution in [0.15, 0.2) is 36.4 Å². The topological polar surface area (TPSA) is 66.9 Å². The van der Waals surface area contributed by atoms with Gasteiger partial charge in [-0.3, -0.25) is 10.1 Å². The quantitative estimate of drug-likeness (QED) is 0.568. The first kappa shape index (κ1) is 15.6. The Labute approximate surface area is 135 Å². The highest BCUT2D eigenvalue weighted by molar-refractivity contribution is 6.36. The summed E-state index contributed by atoms with van der Waals surface area (Å²) in [6.07, 6.45) is 0. The lowest BCUT2D eigenvalue weighted by atomic mass is 9.92. The average Bonchev–Trinajstić information content (AvgIpc) is 2.43. The molecule has 0 heterocycles. The molecule has 21 heavy (non-hydrogen) atoms. The molecule has 4 nitrogen and oxygen atoms in total. The molecule has 2 aromatic carbocycles. The molecule has 0 aromatic heterocycles. The normalized spacial score (nSPS) is 11.7. The van der Waals surface area contributed by atoms with Crippen LogP contribution in [0.2, 0.25) is 15.1 Å². The van der Waals surface area contributed by atoms with Crippen molar-refractivity contribution in [3.05, 3.63) is 72.7 Å². The van der Waals surface area contributed by atoms with E-state index in [1.165, 1.54) is 12.1 Å². The van der Waals surface area contributed by atoms with E-state index in [2.05, 4.69) is 6.07 Å². The first-order chi connectivity index (χ1) is 9.93. The van der Waals surface area contributed by atoms with Gasteiger partial charge in [-0.25, -0.2) is 0 Å². The second kappa shape index (κ2) is 6.31. The van der Waals surface area contributed by atoms with Gasteiger partial charge in [0.15, 0.2) is 0 Å². The fourth-order valence-electron chi connectivity index (χ4n) is 1.91. The number of nitriles is 1. The summed E-state index contributed by atoms with van der Waals surface area (Å²) in [5.74, 6) is -0.733. The molecule has 2 aromatic rings. The van der Waals surface area contributed by atoms with E-state index in [1.54, 1.807) is 24.3 Å². The Kier molecular flexibility index (Phi) is 4.69. The van der Waals surface area contributed by atoms with Crippen molar-refractivity contribution in [1.29, 1.82) is 5.26 Å². The summed E-state index contributed by atoms with van der Waals surface area (Å²) in [6, 6.07) is 11.1. The van der Waals surface area contributed by atoms with Crippen molar-refractivity contribution in [2.45, 2.75) is 5.92 Å². The van der Waals surface area contributed by atoms with E-state index in [9.17, 15) is 15.4 Å². The molecule has 0 spiro atoms. The van der Waals surface area contributed by atoms with Crippen LogP contribution in [0.1, 0.15) is 17.0 Å². The first-order valence-electron chi connectivity index (χ1n) is 5.72. The van der Waals surface area contributed by atoms with Crippen molar-refractivity contribution >= 4 is 40.5 Å². The molecular formula is C14H7Cl3N2O2. The third-order valence-electron chi connectivity index (χ3n) is 2.90. The van der Waals surface area contributed by atoms with Gasteiger partial charge in [-0.15, -0.1) is 0 Å². The minimum Gasteiger partial charge on any atom is -0.258 e. The summed E-state index contributed by atoms with van der Waals surface area (Å²) in [6.45, 7) is 0. The summed E-state index contributed by atoms with van der Waals surface area (Å²) in [4.78, 5) is 10.2. The van der Waals surface area contributed by atoms with Gasteiger partial charge in [0.25, 0.3) is 5.69 Å². The zero-order chi connectivity index (χ0) is 15.6. The van der Waals surface area contributed by atoms with Crippen molar-refractivity contribution in [3.8, 4) is 6.07 Å². The Bertz CT molecular complexity index is 716. The highest BCUT2D eigenvalue weighted by Gasteiger charge is 2.23. The molecule has 0 aliphatic heterocycles. The molecule has 0 unspecified atom stereocenters. The first-order valence-corrected chi connectivity index (χ1v) is 6.86. The summed E-state index contributed by atoms with van der Waals surface area (Å²) in [5.41, 5.74) is 0.773. The van der Waals surface area contributed by atoms with Gasteiger partial charge < -0.3 is 0 Å². The lowest BCUT2D eigenvalue weighted by molar-refractivity contribution is -0.384. The highest BCUT2D eigenvalue weighted by atomic mass is 35.5. The van der Waals surface area contributed by atoms with Crippen LogP contribution in [0.5, 0.6) is 0 Å². The second-order valence-corrected chi connectivity index (χ2v) is 5.44. The monoisotopic (exact) mass is 340 g/mol. The van der Waals surface area contributed by atoms with Crippen LogP contribution in [0.3, 0.4) is 0 Å². The van der Waals surface area contributed by atoms with E-state index in [-0.39, 0.29) is 15.7 Å². The van der Waals surface area contributed by atoms with E-state index >= 15 is 0 Å². The number of hydrogen-bond donors (Lipinski definition) is 0. The maximum absolute atomic E-state index is 10.8. The number of rotatable bonds is 3. The molecule has 0 bridgehead atoms. The molecule has 0 aliphatic carbocycles. The number of benzene rings is 2. The molecule has 0 radical (unpaired) electrons. The number of nitro benzene ring substituents is 1. The summed E-state index contributed by atoms with van der Waals surface area (Å²) in [5, 5.41) is 20.9. The molecular weight excluding hydrogens is 335 g/mol. The zero-order valence-electron chi connectivity index (χ0n) is 10.4. The van der Waals surface area contributed by atoms with Gasteiger partial charge in [0, 0.05) is 22.7 Å². The number of non-ortho nitro benzene ring substituents is 1. The molecule has 7 heteroatoms. The molecule has 1 atom stereocenters. The molecule has 106 valence electrons. The van der Waals surface area contributed by atoms with Crippen molar-refractivity contribution in [3.63, 3.8) is 0 Å². The number of nitro groups is 1. The Morgan fingerprint density at radius 1 is 1.10 bits per heavy atom. The van der Waals surface area contributed by atoms with Gasteiger partial charge in [0.05, 0.1) is 27.0 Å². The predicted octanol–water partition coefficient (Wildman–Crippen LogP) is 5.21. The minimum atomic E-state index is -0.733. The number of nitrogens with zero attached hydrogens (tertiary/aromatic N) is 2. The SMILES string of the molecule is N#C[C@@H](c1ccc(Cl)cc1)c1c(Cl)cc([N+](=O)[O-])cc1Cl. The lowest BCUT2D eigenvalue weighted by Gasteiger charge is -2.13. The van der Waals surface area contributed by atoms with Crippen LogP contribution in [-0.2, 0) is 0 Å². The smallest absolute Gasteiger partial charge is 0.258 e. The highest BCUT2D eigenvalue weighted by Crippen LogP contribution is 2.38. The van der Waals surface area contributed by atoms with Crippen LogP contribution < -0.4 is 0 Å². The fourth-order valence-corrected chi connectivity index (χ4v) is 2.73. The molecule has 0 aliphatic rings. The Balaban J connectivity index is 2.56. The predicted molar refractivity (Wildman–Crippen MR) is 82.0 cm³/mol. The molecule has 0 amide bonds. The average molecular weight is 342 g/mol. The standard InChI is InChI=1S/C14H7Cl3N2O2/c15-9-3-1-8(2-4-9)11(7-18)14-12(16)5-10(19(20)21)6-13(14)17/h1-6,11H/t11-/m0/s1. The summed E-state index contributed by atoms with van der Waals surface area (Å²) < 4.78 is 0. The van der Waals surface area contributed by atoms with Crippen molar-refractivity contribution < 1.29 is 4.92 Å². The van der Waals surface area contributed by atoms with Gasteiger partial charge in [0.2, 0.25) is 0 Å². The van der Waals surface area contributed by atoms with Crippen LogP contribution in [0.4, 0.5) is 5.69 Å². The van der Waals surface area contributed by atoms with E-state index in [0.717, 1.165) is 0 Å². The molecule has 2 rings (SSSR count). The van der Waals surface area contributed by atoms with Gasteiger partial charge in [-0.2, -0.15) is 5.26 Å². The van der Waals surface area contributed by atoms with E-state index in [1.807, 2.05) is 0 Å². The molecule has 0 saturated heterocycles. The fraction of sp³-hybridized carbons (Fsp3) is 0.0714. The zero-order valence-corrected chi connectivity index (χ0v) is 12.7. The lowest BCUT2D eigenvalue weighted by Crippen LogP contribution is -2.01. The van der Waals surface area contributed by atoms with Crippen LogP contribution in [0, 0.1) is 21.4 Å². The van der Waals surface area contributed by atoms with Crippen LogP contribution in [-0.4, -0.2) is 4.92 Å². The van der Waals surface area contributed by atoms with Gasteiger partial charge in [-0.1, -0.05) is 46.9 Å². The van der Waals surface area contributed by atoms with E-state index < -0.39 is 10.8 Å². The van der Waals surface area contributed by atoms with Crippen molar-refractivity contribution in [2.24, 2.45) is 0 Å². The summed E-state index contributed by atoms with van der Waals surface area (Å²) in [7, 11) is 0. The molecule has 0 saturated carbocycles. The minimum absolute atomic E-state index is 0.0794. The van der Waals surface area contributed by atoms with Crippen molar-refractivity contribution in [1.82, 2.24) is 0 Å². The maximum atomic E-state index is 10.8. The maximum Gasteiger partial charge on any atom is 0.272 e. The number of hydrogen-bond acceptors (Lipinski definition) is 3. The third-order valence-corrected chi connectivity index (χ3v) is 3.77. The Morgan fingerprint density at radius 2 is 1.62 bits per heavy atom. The van der Waals surface area contributed by atoms with Crippen LogP contribution in [0.25, 0.3) is 0 Å². The van der Waals surface area contributed by atoms with Gasteiger partial charge in [0.1, 0.15) is 0 Å².